The summed E-state index contributed by atoms with van der Waals surface area (Å²) in [5.41, 5.74) is 1.16. The number of nitrogens with one attached hydrogen (secondary N) is 1. The van der Waals surface area contributed by atoms with Gasteiger partial charge in [0.25, 0.3) is 0 Å². The summed E-state index contributed by atoms with van der Waals surface area (Å²) in [6.07, 6.45) is 0.350. The molecule has 3 nitrogen and oxygen atoms in total. The van der Waals surface area contributed by atoms with Gasteiger partial charge in [-0.1, -0.05) is 18.2 Å². The van der Waals surface area contributed by atoms with Gasteiger partial charge in [0.15, 0.2) is 0 Å². The highest BCUT2D eigenvalue weighted by Gasteiger charge is 2.33. The van der Waals surface area contributed by atoms with Crippen molar-refractivity contribution in [2.75, 3.05) is 0 Å². The predicted molar refractivity (Wildman–Crippen MR) is 81.8 cm³/mol. The molecule has 0 aliphatic rings. The Morgan fingerprint density at radius 2 is 1.78 bits per heavy atom. The largest absolute Gasteiger partial charge is 0.417 e. The Morgan fingerprint density at radius 3 is 2.61 bits per heavy atom. The average molecular weight is 313 g/mol. The van der Waals surface area contributed by atoms with Crippen molar-refractivity contribution in [2.24, 2.45) is 0 Å². The van der Waals surface area contributed by atoms with Crippen molar-refractivity contribution in [1.29, 1.82) is 0 Å². The Balaban J connectivity index is 2.12. The zero-order chi connectivity index (χ0) is 16.0. The Kier molecular flexibility index (Phi) is 2.87. The van der Waals surface area contributed by atoms with Gasteiger partial charge in [-0.15, -0.1) is 0 Å². The first-order valence-electron chi connectivity index (χ1n) is 6.92. The summed E-state index contributed by atoms with van der Waals surface area (Å²) in [5.74, 6) is 0. The van der Waals surface area contributed by atoms with Gasteiger partial charge in [0.1, 0.15) is 0 Å². The highest BCUT2D eigenvalue weighted by atomic mass is 19.4. The molecule has 0 fully saturated rings. The smallest absolute Gasteiger partial charge is 0.346 e. The molecule has 2 heterocycles. The molecule has 114 valence electrons. The van der Waals surface area contributed by atoms with Crippen molar-refractivity contribution in [1.82, 2.24) is 15.0 Å². The number of nitrogens with zero attached hydrogens (tertiary/aromatic N) is 2. The molecule has 2 aromatic carbocycles. The summed E-state index contributed by atoms with van der Waals surface area (Å²) in [6, 6.07) is 9.02. The topological polar surface area (TPSA) is 41.6 Å². The van der Waals surface area contributed by atoms with E-state index in [1.54, 1.807) is 30.6 Å². The highest BCUT2D eigenvalue weighted by molar-refractivity contribution is 6.11. The van der Waals surface area contributed by atoms with Gasteiger partial charge < -0.3 is 4.98 Å². The molecule has 0 aliphatic heterocycles. The predicted octanol–water partition coefficient (Wildman–Crippen LogP) is 4.80. The third kappa shape index (κ3) is 2.14. The van der Waals surface area contributed by atoms with E-state index < -0.39 is 11.7 Å². The van der Waals surface area contributed by atoms with Gasteiger partial charge in [-0.25, -0.2) is 4.98 Å². The Hall–Kier alpha value is -2.89. The molecule has 2 aromatic heterocycles. The summed E-state index contributed by atoms with van der Waals surface area (Å²) in [7, 11) is 0. The monoisotopic (exact) mass is 313 g/mol. The minimum atomic E-state index is -4.42. The Labute approximate surface area is 128 Å². The van der Waals surface area contributed by atoms with E-state index in [1.807, 2.05) is 0 Å². The van der Waals surface area contributed by atoms with Crippen molar-refractivity contribution in [3.63, 3.8) is 0 Å². The normalized spacial score (nSPS) is 12.1. The van der Waals surface area contributed by atoms with Crippen LogP contribution >= 0.6 is 0 Å². The van der Waals surface area contributed by atoms with E-state index in [9.17, 15) is 13.2 Å². The minimum Gasteiger partial charge on any atom is -0.346 e. The SMILES string of the molecule is FC(F)(F)c1ccccc1-c1cc2[nH]cncc2c2ccnc12. The molecule has 1 N–H and O–H groups in total. The van der Waals surface area contributed by atoms with Gasteiger partial charge in [-0.3, -0.25) is 4.98 Å². The lowest BCUT2D eigenvalue weighted by Gasteiger charge is -2.14. The van der Waals surface area contributed by atoms with Crippen molar-refractivity contribution < 1.29 is 13.2 Å². The minimum absolute atomic E-state index is 0.121. The molecule has 0 atom stereocenters. The van der Waals surface area contributed by atoms with Gasteiger partial charge in [0.05, 0.1) is 17.4 Å². The van der Waals surface area contributed by atoms with Gasteiger partial charge in [0.2, 0.25) is 0 Å². The van der Waals surface area contributed by atoms with E-state index in [0.29, 0.717) is 16.6 Å². The van der Waals surface area contributed by atoms with Crippen molar-refractivity contribution in [3.05, 3.63) is 60.7 Å². The van der Waals surface area contributed by atoms with E-state index in [1.165, 1.54) is 18.5 Å². The van der Waals surface area contributed by atoms with Gasteiger partial charge in [-0.05, 0) is 23.8 Å². The van der Waals surface area contributed by atoms with Crippen LogP contribution in [0.1, 0.15) is 5.56 Å². The van der Waals surface area contributed by atoms with E-state index in [-0.39, 0.29) is 5.56 Å². The molecule has 0 saturated heterocycles. The van der Waals surface area contributed by atoms with Crippen LogP contribution < -0.4 is 0 Å². The second-order valence-electron chi connectivity index (χ2n) is 5.19. The lowest BCUT2D eigenvalue weighted by molar-refractivity contribution is -0.137. The third-order valence-electron chi connectivity index (χ3n) is 3.84. The second-order valence-corrected chi connectivity index (χ2v) is 5.19. The van der Waals surface area contributed by atoms with E-state index >= 15 is 0 Å². The number of aromatic nitrogens is 3. The van der Waals surface area contributed by atoms with Crippen molar-refractivity contribution in [3.8, 4) is 11.1 Å². The van der Waals surface area contributed by atoms with Crippen LogP contribution in [0.25, 0.3) is 32.9 Å². The fourth-order valence-electron chi connectivity index (χ4n) is 2.85. The van der Waals surface area contributed by atoms with Crippen LogP contribution in [0.15, 0.2) is 55.1 Å². The average Bonchev–Trinajstić information content (AvgIpc) is 3.03. The molecule has 0 aliphatic carbocycles. The molecule has 23 heavy (non-hydrogen) atoms. The summed E-state index contributed by atoms with van der Waals surface area (Å²) in [4.78, 5) is 11.3. The molecular weight excluding hydrogens is 303 g/mol. The third-order valence-corrected chi connectivity index (χ3v) is 3.84. The van der Waals surface area contributed by atoms with Crippen LogP contribution in [-0.4, -0.2) is 15.0 Å². The first-order valence-corrected chi connectivity index (χ1v) is 6.92. The van der Waals surface area contributed by atoms with E-state index in [0.717, 1.165) is 16.8 Å². The van der Waals surface area contributed by atoms with Crippen LogP contribution in [0.3, 0.4) is 0 Å². The standard InChI is InChI=1S/C17H10F3N3/c18-17(19,20)14-4-2-1-3-10(14)12-7-15-13(8-21-9-23-15)11-5-6-22-16(11)12/h1-9H,(H,21,23). The fraction of sp³-hybridized carbons (Fsp3) is 0.0588. The highest BCUT2D eigenvalue weighted by Crippen LogP contribution is 2.40. The van der Waals surface area contributed by atoms with Gasteiger partial charge in [-0.2, -0.15) is 13.2 Å². The number of aromatic amines is 1. The molecule has 4 rings (SSSR count). The number of fused-ring (bicyclic) bond motifs is 3. The molecular formula is C17H10F3N3. The number of H-pyrrole nitrogens is 1. The Morgan fingerprint density at radius 1 is 0.957 bits per heavy atom. The molecule has 6 heteroatoms. The van der Waals surface area contributed by atoms with E-state index in [2.05, 4.69) is 15.0 Å². The quantitative estimate of drug-likeness (QED) is 0.548. The maximum Gasteiger partial charge on any atom is 0.417 e. The van der Waals surface area contributed by atoms with Crippen LogP contribution in [0.5, 0.6) is 0 Å². The van der Waals surface area contributed by atoms with Crippen LogP contribution in [0.2, 0.25) is 0 Å². The lowest BCUT2D eigenvalue weighted by atomic mass is 9.96. The zero-order valence-corrected chi connectivity index (χ0v) is 11.7. The zero-order valence-electron chi connectivity index (χ0n) is 11.7. The fourth-order valence-corrected chi connectivity index (χ4v) is 2.85. The number of alkyl halides is 3. The molecule has 0 unspecified atom stereocenters. The number of hydrogen-bond acceptors (Lipinski definition) is 2. The first kappa shape index (κ1) is 13.8. The van der Waals surface area contributed by atoms with Crippen molar-refractivity contribution in [2.45, 2.75) is 6.18 Å². The number of halogens is 3. The number of benzene rings is 2. The van der Waals surface area contributed by atoms with Crippen LogP contribution in [-0.2, 0) is 6.18 Å². The molecule has 0 bridgehead atoms. The summed E-state index contributed by atoms with van der Waals surface area (Å²) < 4.78 is 40.0. The van der Waals surface area contributed by atoms with Gasteiger partial charge in [0, 0.05) is 34.2 Å². The Bertz CT molecular complexity index is 1020. The van der Waals surface area contributed by atoms with Gasteiger partial charge >= 0.3 is 6.18 Å². The molecule has 0 spiro atoms. The molecule has 0 radical (unpaired) electrons. The summed E-state index contributed by atoms with van der Waals surface area (Å²) >= 11 is 0. The lowest BCUT2D eigenvalue weighted by Crippen LogP contribution is -2.07. The molecule has 4 aromatic rings. The van der Waals surface area contributed by atoms with Crippen LogP contribution in [0, 0.1) is 0 Å². The maximum absolute atomic E-state index is 13.3. The number of hydrogen-bond donors (Lipinski definition) is 1. The maximum atomic E-state index is 13.3. The first-order chi connectivity index (χ1) is 11.1. The number of rotatable bonds is 1. The van der Waals surface area contributed by atoms with Crippen molar-refractivity contribution >= 4 is 21.8 Å². The summed E-state index contributed by atoms with van der Waals surface area (Å²) in [6.45, 7) is 0. The molecule has 0 amide bonds. The van der Waals surface area contributed by atoms with E-state index in [4.69, 9.17) is 0 Å². The molecule has 0 saturated carbocycles. The second kappa shape index (κ2) is 4.81. The summed E-state index contributed by atoms with van der Waals surface area (Å²) in [5, 5.41) is 1.60. The van der Waals surface area contributed by atoms with Crippen LogP contribution in [0.4, 0.5) is 13.2 Å².